The van der Waals surface area contributed by atoms with Crippen molar-refractivity contribution in [3.8, 4) is 0 Å². The molecule has 10 heteroatoms. The maximum atomic E-state index is 12.3. The van der Waals surface area contributed by atoms with Gasteiger partial charge in [0, 0.05) is 10.7 Å². The van der Waals surface area contributed by atoms with E-state index in [1.54, 1.807) is 18.2 Å². The second-order valence-electron chi connectivity index (χ2n) is 4.58. The molecule has 0 atom stereocenters. The number of rotatable bonds is 3. The molecule has 0 aliphatic rings. The highest BCUT2D eigenvalue weighted by Gasteiger charge is 2.22. The van der Waals surface area contributed by atoms with Crippen LogP contribution in [-0.2, 0) is 10.1 Å². The third-order valence-corrected chi connectivity index (χ3v) is 4.00. The van der Waals surface area contributed by atoms with E-state index in [4.69, 9.17) is 21.9 Å². The molecule has 0 aromatic heterocycles. The molecule has 126 valence electrons. The minimum atomic E-state index is -4.39. The van der Waals surface area contributed by atoms with Crippen LogP contribution in [0.1, 0.15) is 0 Å². The van der Waals surface area contributed by atoms with E-state index < -0.39 is 22.2 Å². The van der Waals surface area contributed by atoms with E-state index in [1.807, 2.05) is 0 Å². The van der Waals surface area contributed by atoms with E-state index in [0.717, 1.165) is 24.3 Å². The molecule has 0 aliphatic carbocycles. The average Bonchev–Trinajstić information content (AvgIpc) is 2.46. The lowest BCUT2D eigenvalue weighted by Gasteiger charge is -2.19. The predicted molar refractivity (Wildman–Crippen MR) is 88.8 cm³/mol. The normalized spacial score (nSPS) is 10.9. The van der Waals surface area contributed by atoms with Crippen LogP contribution in [0.2, 0.25) is 5.02 Å². The number of nitrogens with zero attached hydrogens (tertiary/aromatic N) is 1. The topological polar surface area (TPSA) is 130 Å². The first-order chi connectivity index (χ1) is 11.2. The third-order valence-electron chi connectivity index (χ3n) is 2.89. The Morgan fingerprint density at radius 1 is 1.12 bits per heavy atom. The van der Waals surface area contributed by atoms with Gasteiger partial charge in [-0.1, -0.05) is 17.7 Å². The Morgan fingerprint density at radius 2 is 1.75 bits per heavy atom. The minimum absolute atomic E-state index is 0.0226. The van der Waals surface area contributed by atoms with Crippen molar-refractivity contribution >= 4 is 45.2 Å². The summed E-state index contributed by atoms with van der Waals surface area (Å²) in [4.78, 5) is 24.0. The van der Waals surface area contributed by atoms with E-state index in [-0.39, 0.29) is 10.6 Å². The summed E-state index contributed by atoms with van der Waals surface area (Å²) < 4.78 is 31.0. The molecule has 2 aromatic rings. The molecule has 2 aromatic carbocycles. The molecule has 0 radical (unpaired) electrons. The van der Waals surface area contributed by atoms with Gasteiger partial charge in [0.05, 0.1) is 10.6 Å². The fourth-order valence-corrected chi connectivity index (χ4v) is 2.53. The standard InChI is InChI=1S/C14H12ClN3O5S/c15-9-2-1-3-10(8-9)17-14(20)18(13(16)19)11-4-6-12(7-5-11)24(21,22)23/h1-8H,(H2,16,19)(H,17,20)(H,21,22,23). The predicted octanol–water partition coefficient (Wildman–Crippen LogP) is 2.70. The van der Waals surface area contributed by atoms with Crippen molar-refractivity contribution in [3.63, 3.8) is 0 Å². The van der Waals surface area contributed by atoms with E-state index in [0.29, 0.717) is 15.6 Å². The molecule has 0 spiro atoms. The number of carbonyl (C=O) groups is 2. The van der Waals surface area contributed by atoms with Gasteiger partial charge in [0.1, 0.15) is 0 Å². The molecule has 4 N–H and O–H groups in total. The molecular weight excluding hydrogens is 358 g/mol. The number of amides is 4. The van der Waals surface area contributed by atoms with E-state index >= 15 is 0 Å². The maximum Gasteiger partial charge on any atom is 0.334 e. The Labute approximate surface area is 142 Å². The zero-order valence-corrected chi connectivity index (χ0v) is 13.6. The van der Waals surface area contributed by atoms with Gasteiger partial charge in [-0.25, -0.2) is 14.5 Å². The monoisotopic (exact) mass is 369 g/mol. The molecule has 4 amide bonds. The Hall–Kier alpha value is -2.62. The number of nitrogens with two attached hydrogens (primary N) is 1. The zero-order valence-electron chi connectivity index (χ0n) is 12.0. The van der Waals surface area contributed by atoms with Gasteiger partial charge in [0.25, 0.3) is 10.1 Å². The van der Waals surface area contributed by atoms with E-state index in [1.165, 1.54) is 6.07 Å². The van der Waals surface area contributed by atoms with Gasteiger partial charge in [0.15, 0.2) is 0 Å². The lowest BCUT2D eigenvalue weighted by Crippen LogP contribution is -2.43. The van der Waals surface area contributed by atoms with E-state index in [9.17, 15) is 18.0 Å². The van der Waals surface area contributed by atoms with Crippen LogP contribution in [0.4, 0.5) is 21.0 Å². The number of hydrogen-bond acceptors (Lipinski definition) is 4. The van der Waals surface area contributed by atoms with Crippen LogP contribution < -0.4 is 16.0 Å². The first-order valence-electron chi connectivity index (χ1n) is 6.42. The van der Waals surface area contributed by atoms with Crippen molar-refractivity contribution in [2.24, 2.45) is 5.73 Å². The smallest absolute Gasteiger partial charge is 0.334 e. The summed E-state index contributed by atoms with van der Waals surface area (Å²) in [6, 6.07) is 8.70. The van der Waals surface area contributed by atoms with Gasteiger partial charge in [-0.15, -0.1) is 0 Å². The number of hydrogen-bond donors (Lipinski definition) is 3. The Bertz CT molecular complexity index is 884. The molecule has 0 aliphatic heterocycles. The molecule has 0 saturated carbocycles. The molecule has 24 heavy (non-hydrogen) atoms. The molecule has 2 rings (SSSR count). The van der Waals surface area contributed by atoms with Crippen molar-refractivity contribution in [3.05, 3.63) is 53.6 Å². The van der Waals surface area contributed by atoms with Crippen LogP contribution >= 0.6 is 11.6 Å². The number of imide groups is 1. The van der Waals surface area contributed by atoms with Crippen LogP contribution in [-0.4, -0.2) is 25.0 Å². The first kappa shape index (κ1) is 17.7. The Morgan fingerprint density at radius 3 is 2.25 bits per heavy atom. The Kier molecular flexibility index (Phi) is 5.07. The average molecular weight is 370 g/mol. The summed E-state index contributed by atoms with van der Waals surface area (Å²) in [6.07, 6.45) is 0. The van der Waals surface area contributed by atoms with E-state index in [2.05, 4.69) is 5.32 Å². The number of halogens is 1. The molecular formula is C14H12ClN3O5S. The summed E-state index contributed by atoms with van der Waals surface area (Å²) in [5.41, 5.74) is 5.57. The largest absolute Gasteiger partial charge is 0.351 e. The fraction of sp³-hybridized carbons (Fsp3) is 0. The number of nitrogens with one attached hydrogen (secondary N) is 1. The summed E-state index contributed by atoms with van der Waals surface area (Å²) in [6.45, 7) is 0. The molecule has 0 heterocycles. The summed E-state index contributed by atoms with van der Waals surface area (Å²) in [7, 11) is -4.39. The van der Waals surface area contributed by atoms with Crippen LogP contribution in [0.3, 0.4) is 0 Å². The highest BCUT2D eigenvalue weighted by atomic mass is 35.5. The fourth-order valence-electron chi connectivity index (χ4n) is 1.86. The van der Waals surface area contributed by atoms with Gasteiger partial charge in [-0.05, 0) is 42.5 Å². The lowest BCUT2D eigenvalue weighted by atomic mass is 10.3. The number of carbonyl (C=O) groups excluding carboxylic acids is 2. The molecule has 0 bridgehead atoms. The second-order valence-corrected chi connectivity index (χ2v) is 6.44. The lowest BCUT2D eigenvalue weighted by molar-refractivity contribution is 0.245. The van der Waals surface area contributed by atoms with Crippen molar-refractivity contribution in [2.45, 2.75) is 4.90 Å². The minimum Gasteiger partial charge on any atom is -0.351 e. The summed E-state index contributed by atoms with van der Waals surface area (Å²) in [5.74, 6) is 0. The molecule has 0 saturated heterocycles. The summed E-state index contributed by atoms with van der Waals surface area (Å²) >= 11 is 5.81. The van der Waals surface area contributed by atoms with Gasteiger partial charge in [-0.2, -0.15) is 8.42 Å². The second kappa shape index (κ2) is 6.87. The SMILES string of the molecule is NC(=O)N(C(=O)Nc1cccc(Cl)c1)c1ccc(S(=O)(=O)O)cc1. The van der Waals surface area contributed by atoms with Gasteiger partial charge >= 0.3 is 12.1 Å². The van der Waals surface area contributed by atoms with Crippen LogP contribution in [0.5, 0.6) is 0 Å². The number of anilines is 2. The molecule has 0 fully saturated rings. The highest BCUT2D eigenvalue weighted by molar-refractivity contribution is 7.85. The van der Waals surface area contributed by atoms with Crippen molar-refractivity contribution in [1.82, 2.24) is 0 Å². The third kappa shape index (κ3) is 4.22. The van der Waals surface area contributed by atoms with Crippen molar-refractivity contribution < 1.29 is 22.6 Å². The number of benzene rings is 2. The van der Waals surface area contributed by atoms with Crippen molar-refractivity contribution in [2.75, 3.05) is 10.2 Å². The van der Waals surface area contributed by atoms with Gasteiger partial charge < -0.3 is 11.1 Å². The maximum absolute atomic E-state index is 12.3. The van der Waals surface area contributed by atoms with Crippen LogP contribution in [0.15, 0.2) is 53.4 Å². The Balaban J connectivity index is 2.29. The van der Waals surface area contributed by atoms with Crippen LogP contribution in [0, 0.1) is 0 Å². The van der Waals surface area contributed by atoms with Crippen molar-refractivity contribution in [1.29, 1.82) is 0 Å². The molecule has 0 unspecified atom stereocenters. The molecule has 8 nitrogen and oxygen atoms in total. The highest BCUT2D eigenvalue weighted by Crippen LogP contribution is 2.20. The van der Waals surface area contributed by atoms with Gasteiger partial charge in [0.2, 0.25) is 0 Å². The van der Waals surface area contributed by atoms with Gasteiger partial charge in [-0.3, -0.25) is 4.55 Å². The summed E-state index contributed by atoms with van der Waals surface area (Å²) in [5, 5.41) is 2.83. The zero-order chi connectivity index (χ0) is 17.9. The number of urea groups is 2. The quantitative estimate of drug-likeness (QED) is 0.716. The van der Waals surface area contributed by atoms with Crippen LogP contribution in [0.25, 0.3) is 0 Å². The number of primary amides is 1. The first-order valence-corrected chi connectivity index (χ1v) is 8.24.